The first-order valence-corrected chi connectivity index (χ1v) is 6.93. The summed E-state index contributed by atoms with van der Waals surface area (Å²) in [7, 11) is 0. The molecule has 1 aromatic rings. The molecule has 0 aliphatic rings. The van der Waals surface area contributed by atoms with Gasteiger partial charge in [-0.2, -0.15) is 0 Å². The number of nitrogens with two attached hydrogens (primary N) is 1. The number of aliphatic carboxylic acids is 1. The maximum Gasteiger partial charge on any atom is 0.311 e. The summed E-state index contributed by atoms with van der Waals surface area (Å²) >= 11 is 5.90. The van der Waals surface area contributed by atoms with Crippen LogP contribution in [0.5, 0.6) is 0 Å². The molecule has 0 heterocycles. The number of hydrogen-bond acceptors (Lipinski definition) is 4. The number of hydrogen-bond donors (Lipinski definition) is 2. The van der Waals surface area contributed by atoms with Gasteiger partial charge in [-0.05, 0) is 38.5 Å². The van der Waals surface area contributed by atoms with E-state index < -0.39 is 35.9 Å². The molecule has 0 saturated heterocycles. The van der Waals surface area contributed by atoms with Crippen LogP contribution in [0.4, 0.5) is 0 Å². The summed E-state index contributed by atoms with van der Waals surface area (Å²) in [5.74, 6) is -2.71. The third kappa shape index (κ3) is 5.73. The van der Waals surface area contributed by atoms with Crippen LogP contribution in [0.15, 0.2) is 24.3 Å². The van der Waals surface area contributed by atoms with Crippen LogP contribution in [0.1, 0.15) is 38.8 Å². The summed E-state index contributed by atoms with van der Waals surface area (Å²) in [5.41, 5.74) is 5.94. The van der Waals surface area contributed by atoms with Crippen LogP contribution >= 0.6 is 11.6 Å². The zero-order valence-corrected chi connectivity index (χ0v) is 13.1. The fourth-order valence-electron chi connectivity index (χ4n) is 1.87. The molecule has 1 aromatic carbocycles. The number of ether oxygens (including phenoxy) is 1. The van der Waals surface area contributed by atoms with E-state index in [1.165, 1.54) is 0 Å². The van der Waals surface area contributed by atoms with Crippen molar-refractivity contribution in [2.24, 2.45) is 11.7 Å². The van der Waals surface area contributed by atoms with Crippen molar-refractivity contribution in [2.75, 3.05) is 0 Å². The van der Waals surface area contributed by atoms with Gasteiger partial charge in [0.1, 0.15) is 5.60 Å². The van der Waals surface area contributed by atoms with Gasteiger partial charge < -0.3 is 15.6 Å². The van der Waals surface area contributed by atoms with E-state index in [1.54, 1.807) is 45.0 Å². The highest BCUT2D eigenvalue weighted by molar-refractivity contribution is 6.30. The summed E-state index contributed by atoms with van der Waals surface area (Å²) in [4.78, 5) is 23.2. The second-order valence-corrected chi connectivity index (χ2v) is 6.26. The average Bonchev–Trinajstić information content (AvgIpc) is 2.32. The number of carboxylic acids is 1. The number of carbonyl (C=O) groups is 2. The van der Waals surface area contributed by atoms with Crippen molar-refractivity contribution < 1.29 is 19.4 Å². The highest BCUT2D eigenvalue weighted by Crippen LogP contribution is 2.27. The molecule has 0 fully saturated rings. The third-order valence-electron chi connectivity index (χ3n) is 2.77. The highest BCUT2D eigenvalue weighted by atomic mass is 35.5. The van der Waals surface area contributed by atoms with Crippen LogP contribution in [0.25, 0.3) is 0 Å². The molecule has 0 spiro atoms. The Hall–Kier alpha value is -1.59. The Balaban J connectivity index is 3.01. The molecule has 21 heavy (non-hydrogen) atoms. The second-order valence-electron chi connectivity index (χ2n) is 5.82. The number of halogens is 1. The molecule has 1 rings (SSSR count). The van der Waals surface area contributed by atoms with Gasteiger partial charge in [0.15, 0.2) is 0 Å². The topological polar surface area (TPSA) is 89.6 Å². The monoisotopic (exact) mass is 313 g/mol. The van der Waals surface area contributed by atoms with Gasteiger partial charge in [-0.15, -0.1) is 0 Å². The van der Waals surface area contributed by atoms with Gasteiger partial charge in [0.25, 0.3) is 0 Å². The first-order valence-electron chi connectivity index (χ1n) is 6.56. The van der Waals surface area contributed by atoms with Gasteiger partial charge >= 0.3 is 11.9 Å². The summed E-state index contributed by atoms with van der Waals surface area (Å²) < 4.78 is 5.26. The SMILES string of the molecule is CC(C)(C)OC(=O)C(CC(=O)O)C(N)c1cccc(Cl)c1. The molecular weight excluding hydrogens is 294 g/mol. The molecule has 0 amide bonds. The molecular formula is C15H20ClNO4. The first-order chi connectivity index (χ1) is 9.60. The number of carbonyl (C=O) groups excluding carboxylic acids is 1. The lowest BCUT2D eigenvalue weighted by Crippen LogP contribution is -2.36. The lowest BCUT2D eigenvalue weighted by molar-refractivity contribution is -0.163. The minimum absolute atomic E-state index is 0.400. The van der Waals surface area contributed by atoms with E-state index in [1.807, 2.05) is 0 Å². The van der Waals surface area contributed by atoms with Crippen molar-refractivity contribution in [2.45, 2.75) is 38.8 Å². The van der Waals surface area contributed by atoms with E-state index in [0.717, 1.165) is 0 Å². The van der Waals surface area contributed by atoms with Crippen molar-refractivity contribution >= 4 is 23.5 Å². The molecule has 0 aliphatic heterocycles. The molecule has 0 radical (unpaired) electrons. The predicted molar refractivity (Wildman–Crippen MR) is 80.0 cm³/mol. The normalized spacial score (nSPS) is 14.3. The Bertz CT molecular complexity index is 525. The zero-order valence-electron chi connectivity index (χ0n) is 12.3. The number of carboxylic acid groups (broad SMARTS) is 1. The Morgan fingerprint density at radius 3 is 2.48 bits per heavy atom. The van der Waals surface area contributed by atoms with Gasteiger partial charge in [-0.25, -0.2) is 0 Å². The van der Waals surface area contributed by atoms with Crippen molar-refractivity contribution in [3.63, 3.8) is 0 Å². The van der Waals surface area contributed by atoms with E-state index in [0.29, 0.717) is 10.6 Å². The molecule has 0 aromatic heterocycles. The molecule has 5 nitrogen and oxygen atoms in total. The van der Waals surface area contributed by atoms with Gasteiger partial charge in [0, 0.05) is 11.1 Å². The molecule has 116 valence electrons. The lowest BCUT2D eigenvalue weighted by atomic mass is 9.91. The first kappa shape index (κ1) is 17.5. The lowest BCUT2D eigenvalue weighted by Gasteiger charge is -2.26. The smallest absolute Gasteiger partial charge is 0.311 e. The molecule has 0 aliphatic carbocycles. The fourth-order valence-corrected chi connectivity index (χ4v) is 2.07. The number of rotatable bonds is 5. The van der Waals surface area contributed by atoms with Crippen molar-refractivity contribution in [3.8, 4) is 0 Å². The maximum atomic E-state index is 12.2. The Kier molecular flexibility index (Phi) is 5.75. The Labute approximate surface area is 129 Å². The summed E-state index contributed by atoms with van der Waals surface area (Å²) in [5, 5.41) is 9.47. The van der Waals surface area contributed by atoms with Crippen LogP contribution in [0.3, 0.4) is 0 Å². The van der Waals surface area contributed by atoms with Crippen LogP contribution < -0.4 is 5.73 Å². The predicted octanol–water partition coefficient (Wildman–Crippen LogP) is 2.77. The Morgan fingerprint density at radius 2 is 2.00 bits per heavy atom. The summed E-state index contributed by atoms with van der Waals surface area (Å²) in [6.07, 6.45) is -0.400. The van der Waals surface area contributed by atoms with E-state index in [2.05, 4.69) is 0 Å². The summed E-state index contributed by atoms with van der Waals surface area (Å²) in [6.45, 7) is 5.15. The quantitative estimate of drug-likeness (QED) is 0.816. The van der Waals surface area contributed by atoms with E-state index in [9.17, 15) is 9.59 Å². The van der Waals surface area contributed by atoms with Crippen LogP contribution in [0.2, 0.25) is 5.02 Å². The van der Waals surface area contributed by atoms with E-state index in [4.69, 9.17) is 27.2 Å². The molecule has 2 atom stereocenters. The zero-order chi connectivity index (χ0) is 16.2. The van der Waals surface area contributed by atoms with Crippen molar-refractivity contribution in [3.05, 3.63) is 34.9 Å². The van der Waals surface area contributed by atoms with Crippen molar-refractivity contribution in [1.29, 1.82) is 0 Å². The maximum absolute atomic E-state index is 12.2. The van der Waals surface area contributed by atoms with Crippen molar-refractivity contribution in [1.82, 2.24) is 0 Å². The van der Waals surface area contributed by atoms with Gasteiger partial charge in [0.05, 0.1) is 12.3 Å². The van der Waals surface area contributed by atoms with Gasteiger partial charge in [0.2, 0.25) is 0 Å². The summed E-state index contributed by atoms with van der Waals surface area (Å²) in [6, 6.07) is 5.90. The molecule has 0 saturated carbocycles. The number of esters is 1. The van der Waals surface area contributed by atoms with E-state index in [-0.39, 0.29) is 0 Å². The third-order valence-corrected chi connectivity index (χ3v) is 3.01. The highest BCUT2D eigenvalue weighted by Gasteiger charge is 2.33. The number of benzene rings is 1. The van der Waals surface area contributed by atoms with E-state index >= 15 is 0 Å². The van der Waals surface area contributed by atoms with Gasteiger partial charge in [-0.3, -0.25) is 9.59 Å². The fraction of sp³-hybridized carbons (Fsp3) is 0.467. The standard InChI is InChI=1S/C15H20ClNO4/c1-15(2,3)21-14(20)11(8-12(18)19)13(17)9-5-4-6-10(16)7-9/h4-7,11,13H,8,17H2,1-3H3,(H,18,19). The largest absolute Gasteiger partial charge is 0.481 e. The molecule has 3 N–H and O–H groups in total. The molecule has 2 unspecified atom stereocenters. The molecule has 6 heteroatoms. The van der Waals surface area contributed by atoms with Gasteiger partial charge in [-0.1, -0.05) is 23.7 Å². The molecule has 0 bridgehead atoms. The Morgan fingerprint density at radius 1 is 1.38 bits per heavy atom. The van der Waals surface area contributed by atoms with Crippen LogP contribution in [-0.4, -0.2) is 22.6 Å². The minimum atomic E-state index is -1.11. The average molecular weight is 314 g/mol. The minimum Gasteiger partial charge on any atom is -0.481 e. The second kappa shape index (κ2) is 6.91. The van der Waals surface area contributed by atoms with Crippen LogP contribution in [-0.2, 0) is 14.3 Å². The van der Waals surface area contributed by atoms with Crippen LogP contribution in [0, 0.1) is 5.92 Å².